The molecule has 2 heterocycles. The molecule has 0 aliphatic carbocycles. The zero-order valence-corrected chi connectivity index (χ0v) is 13.7. The van der Waals surface area contributed by atoms with Crippen molar-refractivity contribution in [2.24, 2.45) is 0 Å². The molecule has 1 aromatic carbocycles. The third kappa shape index (κ3) is 3.32. The molecule has 0 spiro atoms. The molecule has 0 saturated heterocycles. The molecule has 0 radical (unpaired) electrons. The molecule has 0 fully saturated rings. The van der Waals surface area contributed by atoms with Crippen LogP contribution in [0.3, 0.4) is 0 Å². The molecule has 1 N–H and O–H groups in total. The van der Waals surface area contributed by atoms with E-state index in [1.54, 1.807) is 12.1 Å². The molecule has 0 saturated carbocycles. The van der Waals surface area contributed by atoms with Gasteiger partial charge in [-0.05, 0) is 46.3 Å². The third-order valence-corrected chi connectivity index (χ3v) is 3.42. The van der Waals surface area contributed by atoms with Crippen LogP contribution in [0, 0.1) is 0 Å². The Kier molecular flexibility index (Phi) is 4.19. The summed E-state index contributed by atoms with van der Waals surface area (Å²) in [5.74, 6) is 0.0519. The van der Waals surface area contributed by atoms with Crippen molar-refractivity contribution in [1.82, 2.24) is 10.2 Å². The van der Waals surface area contributed by atoms with E-state index in [0.717, 1.165) is 0 Å². The number of hydrogen-bond acceptors (Lipinski definition) is 5. The van der Waals surface area contributed by atoms with E-state index in [4.69, 9.17) is 32.0 Å². The maximum absolute atomic E-state index is 12.1. The van der Waals surface area contributed by atoms with Gasteiger partial charge in [0.2, 0.25) is 0 Å². The maximum Gasteiger partial charge on any atom is 0.322 e. The second-order valence-electron chi connectivity index (χ2n) is 4.13. The number of aromatic nitrogens is 2. The van der Waals surface area contributed by atoms with Crippen LogP contribution in [0.5, 0.6) is 0 Å². The number of carbonyl (C=O) groups is 1. The Morgan fingerprint density at radius 1 is 1.09 bits per heavy atom. The molecule has 112 valence electrons. The average Bonchev–Trinajstić information content (AvgIpc) is 3.06. The number of nitrogens with one attached hydrogen (secondary N) is 1. The largest absolute Gasteiger partial charge is 0.444 e. The third-order valence-electron chi connectivity index (χ3n) is 2.55. The molecule has 3 aromatic rings. The van der Waals surface area contributed by atoms with Crippen LogP contribution < -0.4 is 5.32 Å². The average molecular weight is 403 g/mol. The van der Waals surface area contributed by atoms with Gasteiger partial charge in [-0.25, -0.2) is 0 Å². The monoisotopic (exact) mass is 401 g/mol. The summed E-state index contributed by atoms with van der Waals surface area (Å²) in [5, 5.41) is 10.7. The summed E-state index contributed by atoms with van der Waals surface area (Å²) in [5.41, 5.74) is 0.276. The Labute approximate surface area is 142 Å². The van der Waals surface area contributed by atoms with Gasteiger partial charge in [0.05, 0.1) is 0 Å². The van der Waals surface area contributed by atoms with Gasteiger partial charge < -0.3 is 8.83 Å². The Hall–Kier alpha value is -1.83. The van der Waals surface area contributed by atoms with Crippen LogP contribution in [0.1, 0.15) is 10.4 Å². The molecule has 2 aromatic heterocycles. The van der Waals surface area contributed by atoms with Gasteiger partial charge in [-0.15, -0.1) is 5.10 Å². The summed E-state index contributed by atoms with van der Waals surface area (Å²) < 4.78 is 11.1. The maximum atomic E-state index is 12.1. The van der Waals surface area contributed by atoms with Crippen molar-refractivity contribution in [3.8, 4) is 11.7 Å². The van der Waals surface area contributed by atoms with Crippen LogP contribution in [0.2, 0.25) is 10.0 Å². The smallest absolute Gasteiger partial charge is 0.322 e. The fraction of sp³-hybridized carbons (Fsp3) is 0. The van der Waals surface area contributed by atoms with Crippen molar-refractivity contribution in [3.63, 3.8) is 0 Å². The summed E-state index contributed by atoms with van der Waals surface area (Å²) in [6, 6.07) is 7.75. The Morgan fingerprint density at radius 2 is 1.82 bits per heavy atom. The van der Waals surface area contributed by atoms with Gasteiger partial charge in [-0.2, -0.15) is 0 Å². The zero-order valence-electron chi connectivity index (χ0n) is 10.6. The lowest BCUT2D eigenvalue weighted by Gasteiger charge is -2.02. The Morgan fingerprint density at radius 3 is 2.45 bits per heavy atom. The molecule has 0 unspecified atom stereocenters. The number of amides is 1. The molecule has 0 bridgehead atoms. The summed E-state index contributed by atoms with van der Waals surface area (Å²) in [6.45, 7) is 0. The number of carbonyl (C=O) groups excluding carboxylic acids is 1. The van der Waals surface area contributed by atoms with E-state index in [1.807, 2.05) is 0 Å². The van der Waals surface area contributed by atoms with Gasteiger partial charge in [-0.1, -0.05) is 28.3 Å². The highest BCUT2D eigenvalue weighted by atomic mass is 79.9. The first kappa shape index (κ1) is 15.1. The highest BCUT2D eigenvalue weighted by Crippen LogP contribution is 2.25. The molecule has 22 heavy (non-hydrogen) atoms. The standard InChI is InChI=1S/C13H6BrCl2N3O3/c14-10-2-1-9(21-10)12-18-19-13(22-12)17-11(20)6-3-7(15)5-8(16)4-6/h1-5H,(H,17,19,20). The lowest BCUT2D eigenvalue weighted by atomic mass is 10.2. The van der Waals surface area contributed by atoms with Gasteiger partial charge in [0.25, 0.3) is 11.8 Å². The van der Waals surface area contributed by atoms with Crippen molar-refractivity contribution in [2.45, 2.75) is 0 Å². The van der Waals surface area contributed by atoms with Crippen molar-refractivity contribution < 1.29 is 13.6 Å². The van der Waals surface area contributed by atoms with Crippen LogP contribution in [0.4, 0.5) is 6.01 Å². The SMILES string of the molecule is O=C(Nc1nnc(-c2ccc(Br)o2)o1)c1cc(Cl)cc(Cl)c1. The normalized spacial score (nSPS) is 10.7. The highest BCUT2D eigenvalue weighted by molar-refractivity contribution is 9.10. The summed E-state index contributed by atoms with van der Waals surface area (Å²) in [4.78, 5) is 12.1. The first-order valence-corrected chi connectivity index (χ1v) is 7.43. The van der Waals surface area contributed by atoms with E-state index in [9.17, 15) is 4.79 Å². The van der Waals surface area contributed by atoms with Gasteiger partial charge >= 0.3 is 6.01 Å². The molecule has 9 heteroatoms. The quantitative estimate of drug-likeness (QED) is 0.689. The highest BCUT2D eigenvalue weighted by Gasteiger charge is 2.15. The number of benzene rings is 1. The second kappa shape index (κ2) is 6.12. The van der Waals surface area contributed by atoms with E-state index in [1.165, 1.54) is 18.2 Å². The lowest BCUT2D eigenvalue weighted by molar-refractivity contribution is 0.102. The summed E-state index contributed by atoms with van der Waals surface area (Å²) in [7, 11) is 0. The number of hydrogen-bond donors (Lipinski definition) is 1. The predicted octanol–water partition coefficient (Wildman–Crippen LogP) is 4.65. The molecule has 3 rings (SSSR count). The molecule has 1 amide bonds. The van der Waals surface area contributed by atoms with E-state index >= 15 is 0 Å². The second-order valence-corrected chi connectivity index (χ2v) is 5.78. The molecular formula is C13H6BrCl2N3O3. The van der Waals surface area contributed by atoms with Gasteiger partial charge in [0.15, 0.2) is 10.4 Å². The van der Waals surface area contributed by atoms with Crippen LogP contribution in [0.25, 0.3) is 11.7 Å². The van der Waals surface area contributed by atoms with Crippen molar-refractivity contribution in [2.75, 3.05) is 5.32 Å². The number of nitrogens with zero attached hydrogens (tertiary/aromatic N) is 2. The van der Waals surface area contributed by atoms with E-state index in [2.05, 4.69) is 31.4 Å². The molecular weight excluding hydrogens is 397 g/mol. The lowest BCUT2D eigenvalue weighted by Crippen LogP contribution is -2.12. The first-order valence-electron chi connectivity index (χ1n) is 5.88. The topological polar surface area (TPSA) is 81.2 Å². The fourth-order valence-electron chi connectivity index (χ4n) is 1.66. The first-order chi connectivity index (χ1) is 10.5. The zero-order chi connectivity index (χ0) is 15.7. The number of halogens is 3. The van der Waals surface area contributed by atoms with Crippen LogP contribution in [0.15, 0.2) is 43.8 Å². The number of furan rings is 1. The minimum Gasteiger partial charge on any atom is -0.444 e. The minimum absolute atomic E-state index is 0.0661. The number of anilines is 1. The van der Waals surface area contributed by atoms with Crippen LogP contribution in [-0.2, 0) is 0 Å². The summed E-state index contributed by atoms with van der Waals surface area (Å²) >= 11 is 14.9. The Bertz CT molecular complexity index is 826. The van der Waals surface area contributed by atoms with E-state index in [-0.39, 0.29) is 17.5 Å². The van der Waals surface area contributed by atoms with Crippen LogP contribution in [-0.4, -0.2) is 16.1 Å². The van der Waals surface area contributed by atoms with Gasteiger partial charge in [-0.3, -0.25) is 10.1 Å². The predicted molar refractivity (Wildman–Crippen MR) is 84.1 cm³/mol. The van der Waals surface area contributed by atoms with Crippen molar-refractivity contribution in [3.05, 3.63) is 50.6 Å². The van der Waals surface area contributed by atoms with Gasteiger partial charge in [0.1, 0.15) is 0 Å². The number of rotatable bonds is 3. The van der Waals surface area contributed by atoms with Gasteiger partial charge in [0, 0.05) is 15.6 Å². The minimum atomic E-state index is -0.472. The molecule has 0 aliphatic rings. The van der Waals surface area contributed by atoms with E-state index in [0.29, 0.717) is 20.5 Å². The summed E-state index contributed by atoms with van der Waals surface area (Å²) in [6.07, 6.45) is 0. The van der Waals surface area contributed by atoms with Crippen molar-refractivity contribution in [1.29, 1.82) is 0 Å². The molecule has 6 nitrogen and oxygen atoms in total. The van der Waals surface area contributed by atoms with Crippen LogP contribution >= 0.6 is 39.1 Å². The van der Waals surface area contributed by atoms with Crippen molar-refractivity contribution >= 4 is 51.1 Å². The molecule has 0 atom stereocenters. The molecule has 0 aliphatic heterocycles. The van der Waals surface area contributed by atoms with E-state index < -0.39 is 5.91 Å². The Balaban J connectivity index is 1.78. The fourth-order valence-corrected chi connectivity index (χ4v) is 2.49.